The molecule has 1 amide bonds. The van der Waals surface area contributed by atoms with Crippen molar-refractivity contribution in [3.63, 3.8) is 0 Å². The predicted molar refractivity (Wildman–Crippen MR) is 97.7 cm³/mol. The lowest BCUT2D eigenvalue weighted by atomic mass is 10.3. The van der Waals surface area contributed by atoms with Gasteiger partial charge >= 0.3 is 12.1 Å². The maximum atomic E-state index is 12.0. The van der Waals surface area contributed by atoms with E-state index in [9.17, 15) is 18.0 Å². The number of amides is 1. The van der Waals surface area contributed by atoms with Gasteiger partial charge in [0.2, 0.25) is 0 Å². The van der Waals surface area contributed by atoms with Crippen LogP contribution in [0.5, 0.6) is 0 Å². The van der Waals surface area contributed by atoms with Gasteiger partial charge in [-0.2, -0.15) is 13.2 Å². The Morgan fingerprint density at radius 1 is 1.31 bits per heavy atom. The number of nitrogens with one attached hydrogen (secondary N) is 1. The first-order valence-electron chi connectivity index (χ1n) is 8.66. The first-order valence-corrected chi connectivity index (χ1v) is 9.54. The SMILES string of the molecule is O=C(NCCCN1CCOCC1)c1cc(-c2cccs2)on1.O=C(O)C(F)(F)F. The van der Waals surface area contributed by atoms with Gasteiger partial charge in [0.15, 0.2) is 11.5 Å². The molecule has 0 unspecified atom stereocenters. The lowest BCUT2D eigenvalue weighted by Gasteiger charge is -2.26. The average molecular weight is 435 g/mol. The van der Waals surface area contributed by atoms with E-state index in [0.717, 1.165) is 44.1 Å². The normalized spacial score (nSPS) is 14.7. The summed E-state index contributed by atoms with van der Waals surface area (Å²) in [7, 11) is 0. The molecule has 2 aromatic rings. The minimum atomic E-state index is -5.08. The van der Waals surface area contributed by atoms with Crippen LogP contribution in [0.2, 0.25) is 0 Å². The molecule has 3 heterocycles. The predicted octanol–water partition coefficient (Wildman–Crippen LogP) is 2.49. The number of hydrogen-bond donors (Lipinski definition) is 2. The fourth-order valence-electron chi connectivity index (χ4n) is 2.34. The van der Waals surface area contributed by atoms with Gasteiger partial charge in [0.1, 0.15) is 0 Å². The summed E-state index contributed by atoms with van der Waals surface area (Å²) in [6, 6.07) is 5.56. The van der Waals surface area contributed by atoms with Crippen molar-refractivity contribution >= 4 is 23.2 Å². The van der Waals surface area contributed by atoms with Crippen molar-refractivity contribution < 1.29 is 37.1 Å². The lowest BCUT2D eigenvalue weighted by molar-refractivity contribution is -0.192. The number of alkyl halides is 3. The van der Waals surface area contributed by atoms with Crippen LogP contribution in [0, 0.1) is 0 Å². The molecule has 160 valence electrons. The molecule has 1 saturated heterocycles. The Kier molecular flexibility index (Phi) is 8.61. The number of carbonyl (C=O) groups is 2. The van der Waals surface area contributed by atoms with E-state index in [4.69, 9.17) is 19.2 Å². The summed E-state index contributed by atoms with van der Waals surface area (Å²) in [6.07, 6.45) is -4.17. The molecule has 2 aromatic heterocycles. The molecular formula is C17H20F3N3O5S. The third kappa shape index (κ3) is 7.83. The highest BCUT2D eigenvalue weighted by Crippen LogP contribution is 2.25. The van der Waals surface area contributed by atoms with Crippen LogP contribution in [0.1, 0.15) is 16.9 Å². The highest BCUT2D eigenvalue weighted by atomic mass is 32.1. The van der Waals surface area contributed by atoms with Crippen molar-refractivity contribution in [3.8, 4) is 10.6 Å². The van der Waals surface area contributed by atoms with Crippen LogP contribution < -0.4 is 5.32 Å². The Hall–Kier alpha value is -2.44. The Morgan fingerprint density at radius 2 is 2.00 bits per heavy atom. The number of aromatic nitrogens is 1. The standard InChI is InChI=1S/C15H19N3O3S.C2HF3O2/c19-15(16-4-2-5-18-6-8-20-9-7-18)12-11-13(21-17-12)14-3-1-10-22-14;3-2(4,5)1(6)7/h1,3,10-11H,2,4-9H2,(H,16,19);(H,6,7). The Bertz CT molecular complexity index is 774. The van der Waals surface area contributed by atoms with E-state index in [1.54, 1.807) is 17.4 Å². The molecule has 1 aliphatic rings. The van der Waals surface area contributed by atoms with Gasteiger partial charge in [0.05, 0.1) is 18.1 Å². The lowest BCUT2D eigenvalue weighted by Crippen LogP contribution is -2.38. The highest BCUT2D eigenvalue weighted by Gasteiger charge is 2.38. The maximum absolute atomic E-state index is 12.0. The van der Waals surface area contributed by atoms with E-state index < -0.39 is 12.1 Å². The summed E-state index contributed by atoms with van der Waals surface area (Å²) in [5.41, 5.74) is 0.328. The quantitative estimate of drug-likeness (QED) is 0.672. The number of hydrogen-bond acceptors (Lipinski definition) is 7. The van der Waals surface area contributed by atoms with Crippen LogP contribution in [0.25, 0.3) is 10.6 Å². The van der Waals surface area contributed by atoms with Gasteiger partial charge in [-0.05, 0) is 24.4 Å². The summed E-state index contributed by atoms with van der Waals surface area (Å²) in [5.74, 6) is -2.31. The van der Waals surface area contributed by atoms with E-state index in [1.807, 2.05) is 17.5 Å². The molecule has 2 N–H and O–H groups in total. The molecular weight excluding hydrogens is 415 g/mol. The fraction of sp³-hybridized carbons (Fsp3) is 0.471. The summed E-state index contributed by atoms with van der Waals surface area (Å²) in [6.45, 7) is 5.16. The number of carboxylic acid groups (broad SMARTS) is 1. The molecule has 1 aliphatic heterocycles. The Morgan fingerprint density at radius 3 is 2.59 bits per heavy atom. The Labute approximate surface area is 168 Å². The third-order valence-electron chi connectivity index (χ3n) is 3.79. The average Bonchev–Trinajstić information content (AvgIpc) is 3.37. The summed E-state index contributed by atoms with van der Waals surface area (Å²) >= 11 is 1.56. The second kappa shape index (κ2) is 10.9. The number of aliphatic carboxylic acids is 1. The van der Waals surface area contributed by atoms with Crippen molar-refractivity contribution in [1.29, 1.82) is 0 Å². The van der Waals surface area contributed by atoms with Crippen LogP contribution in [-0.4, -0.2) is 72.6 Å². The summed E-state index contributed by atoms with van der Waals surface area (Å²) in [4.78, 5) is 24.2. The van der Waals surface area contributed by atoms with Gasteiger partial charge < -0.3 is 19.7 Å². The molecule has 29 heavy (non-hydrogen) atoms. The van der Waals surface area contributed by atoms with Gasteiger partial charge in [-0.3, -0.25) is 9.69 Å². The third-order valence-corrected chi connectivity index (χ3v) is 4.67. The molecule has 0 bridgehead atoms. The fourth-order valence-corrected chi connectivity index (χ4v) is 3.01. The molecule has 1 fully saturated rings. The van der Waals surface area contributed by atoms with Crippen LogP contribution in [0.4, 0.5) is 13.2 Å². The summed E-state index contributed by atoms with van der Waals surface area (Å²) in [5, 5.41) is 15.8. The van der Waals surface area contributed by atoms with Crippen LogP contribution in [0.3, 0.4) is 0 Å². The van der Waals surface area contributed by atoms with E-state index in [2.05, 4.69) is 15.4 Å². The van der Waals surface area contributed by atoms with Crippen molar-refractivity contribution in [3.05, 3.63) is 29.3 Å². The smallest absolute Gasteiger partial charge is 0.475 e. The molecule has 0 radical (unpaired) electrons. The van der Waals surface area contributed by atoms with Crippen LogP contribution in [-0.2, 0) is 9.53 Å². The first-order chi connectivity index (χ1) is 13.8. The summed E-state index contributed by atoms with van der Waals surface area (Å²) < 4.78 is 42.3. The topological polar surface area (TPSA) is 105 Å². The molecule has 0 aromatic carbocycles. The number of carboxylic acids is 1. The number of nitrogens with zero attached hydrogens (tertiary/aromatic N) is 2. The molecule has 0 spiro atoms. The monoisotopic (exact) mass is 435 g/mol. The highest BCUT2D eigenvalue weighted by molar-refractivity contribution is 7.13. The number of carbonyl (C=O) groups excluding carboxylic acids is 1. The van der Waals surface area contributed by atoms with E-state index >= 15 is 0 Å². The van der Waals surface area contributed by atoms with Gasteiger partial charge in [0.25, 0.3) is 5.91 Å². The van der Waals surface area contributed by atoms with E-state index in [-0.39, 0.29) is 5.91 Å². The van der Waals surface area contributed by atoms with Crippen molar-refractivity contribution in [1.82, 2.24) is 15.4 Å². The Balaban J connectivity index is 0.000000370. The number of halogens is 3. The van der Waals surface area contributed by atoms with Crippen molar-refractivity contribution in [2.45, 2.75) is 12.6 Å². The molecule has 3 rings (SSSR count). The van der Waals surface area contributed by atoms with Gasteiger partial charge in [-0.25, -0.2) is 4.79 Å². The van der Waals surface area contributed by atoms with Crippen molar-refractivity contribution in [2.75, 3.05) is 39.4 Å². The van der Waals surface area contributed by atoms with E-state index in [0.29, 0.717) is 18.0 Å². The molecule has 8 nitrogen and oxygen atoms in total. The van der Waals surface area contributed by atoms with Gasteiger partial charge in [-0.15, -0.1) is 11.3 Å². The second-order valence-corrected chi connectivity index (χ2v) is 6.87. The van der Waals surface area contributed by atoms with Crippen LogP contribution >= 0.6 is 11.3 Å². The minimum Gasteiger partial charge on any atom is -0.475 e. The van der Waals surface area contributed by atoms with Gasteiger partial charge in [0, 0.05) is 25.7 Å². The van der Waals surface area contributed by atoms with Crippen LogP contribution in [0.15, 0.2) is 28.1 Å². The first kappa shape index (κ1) is 22.8. The number of thiophene rings is 1. The largest absolute Gasteiger partial charge is 0.490 e. The molecule has 0 aliphatic carbocycles. The zero-order valence-corrected chi connectivity index (χ0v) is 16.1. The van der Waals surface area contributed by atoms with Crippen molar-refractivity contribution in [2.24, 2.45) is 0 Å². The minimum absolute atomic E-state index is 0.187. The number of rotatable bonds is 6. The number of morpholine rings is 1. The van der Waals surface area contributed by atoms with Gasteiger partial charge in [-0.1, -0.05) is 11.2 Å². The number of ether oxygens (including phenoxy) is 1. The zero-order valence-electron chi connectivity index (χ0n) is 15.3. The zero-order chi connectivity index (χ0) is 21.3. The van der Waals surface area contributed by atoms with E-state index in [1.165, 1.54) is 0 Å². The maximum Gasteiger partial charge on any atom is 0.490 e. The molecule has 0 saturated carbocycles. The molecule has 12 heteroatoms. The second-order valence-electron chi connectivity index (χ2n) is 5.92. The molecule has 0 atom stereocenters.